The third-order valence-corrected chi connectivity index (χ3v) is 3.36. The van der Waals surface area contributed by atoms with Gasteiger partial charge in [-0.15, -0.1) is 0 Å². The summed E-state index contributed by atoms with van der Waals surface area (Å²) in [5.41, 5.74) is 6.22. The van der Waals surface area contributed by atoms with E-state index in [1.54, 1.807) is 0 Å². The lowest BCUT2D eigenvalue weighted by molar-refractivity contribution is -0.0459. The molecule has 0 aromatic carbocycles. The number of hydrogen-bond donors (Lipinski definition) is 3. The monoisotopic (exact) mass is 299 g/mol. The van der Waals surface area contributed by atoms with Gasteiger partial charge < -0.3 is 25.4 Å². The Kier molecular flexibility index (Phi) is 3.35. The number of fused-ring (bicyclic) bond motifs is 1. The maximum Gasteiger partial charge on any atom is 0.320 e. The van der Waals surface area contributed by atoms with Crippen LogP contribution in [-0.4, -0.2) is 61.8 Å². The number of halogens is 1. The number of nitrogens with zero attached hydrogens (tertiary/aromatic N) is 4. The summed E-state index contributed by atoms with van der Waals surface area (Å²) >= 11 is 0. The Bertz CT molecular complexity index is 665. The molecule has 4 N–H and O–H groups in total. The summed E-state index contributed by atoms with van der Waals surface area (Å²) in [5, 5.41) is 18.7. The van der Waals surface area contributed by atoms with Gasteiger partial charge in [-0.2, -0.15) is 9.97 Å². The molecular formula is C11H14FN5O4. The number of aliphatic hydroxyl groups excluding tert-OH is 2. The number of nitrogens with two attached hydrogens (primary N) is 1. The largest absolute Gasteiger partial charge is 0.467 e. The summed E-state index contributed by atoms with van der Waals surface area (Å²) in [7, 11) is 1.37. The summed E-state index contributed by atoms with van der Waals surface area (Å²) in [4.78, 5) is 12.0. The molecule has 1 aliphatic rings. The Hall–Kier alpha value is -2.04. The fraction of sp³-hybridized carbons (Fsp3) is 0.545. The van der Waals surface area contributed by atoms with Crippen molar-refractivity contribution in [2.75, 3.05) is 19.5 Å². The SMILES string of the molecule is COc1nc(N)c2ncn([C@@H]3O[C@H](CO)[C@@H](O)C3F)c2n1. The molecule has 0 amide bonds. The minimum Gasteiger partial charge on any atom is -0.467 e. The fourth-order valence-electron chi connectivity index (χ4n) is 2.27. The van der Waals surface area contributed by atoms with Crippen LogP contribution in [0.3, 0.4) is 0 Å². The Morgan fingerprint density at radius 3 is 2.90 bits per heavy atom. The van der Waals surface area contributed by atoms with Crippen LogP contribution in [0.5, 0.6) is 6.01 Å². The standard InChI is InChI=1S/C11H14FN5O4/c1-20-11-15-8(13)6-9(16-11)17(3-14-6)10-5(12)7(19)4(2-18)21-10/h3-5,7,10,18-19H,2H2,1H3,(H2,13,15,16)/t4-,5?,7-,10-/m1/s1. The van der Waals surface area contributed by atoms with Gasteiger partial charge in [-0.3, -0.25) is 4.57 Å². The summed E-state index contributed by atoms with van der Waals surface area (Å²) in [5.74, 6) is 0.0864. The molecule has 3 rings (SSSR count). The van der Waals surface area contributed by atoms with Gasteiger partial charge in [0, 0.05) is 0 Å². The fourth-order valence-corrected chi connectivity index (χ4v) is 2.27. The molecule has 0 radical (unpaired) electrons. The predicted molar refractivity (Wildman–Crippen MR) is 68.2 cm³/mol. The van der Waals surface area contributed by atoms with Crippen molar-refractivity contribution in [2.45, 2.75) is 24.6 Å². The number of anilines is 1. The van der Waals surface area contributed by atoms with Gasteiger partial charge >= 0.3 is 6.01 Å². The number of ether oxygens (including phenoxy) is 2. The zero-order valence-corrected chi connectivity index (χ0v) is 11.0. The van der Waals surface area contributed by atoms with Gasteiger partial charge in [-0.25, -0.2) is 9.37 Å². The van der Waals surface area contributed by atoms with Crippen molar-refractivity contribution >= 4 is 17.0 Å². The molecule has 2 aromatic heterocycles. The molecule has 0 saturated carbocycles. The Morgan fingerprint density at radius 1 is 1.52 bits per heavy atom. The molecule has 114 valence electrons. The van der Waals surface area contributed by atoms with Crippen molar-refractivity contribution in [3.8, 4) is 6.01 Å². The maximum absolute atomic E-state index is 14.2. The van der Waals surface area contributed by atoms with Gasteiger partial charge in [0.05, 0.1) is 20.0 Å². The van der Waals surface area contributed by atoms with Crippen LogP contribution in [0.1, 0.15) is 6.23 Å². The average Bonchev–Trinajstić information content (AvgIpc) is 3.02. The molecule has 2 aromatic rings. The molecule has 0 spiro atoms. The van der Waals surface area contributed by atoms with E-state index < -0.39 is 31.2 Å². The van der Waals surface area contributed by atoms with Crippen LogP contribution in [0.25, 0.3) is 11.2 Å². The van der Waals surface area contributed by atoms with Crippen molar-refractivity contribution < 1.29 is 24.1 Å². The van der Waals surface area contributed by atoms with Crippen molar-refractivity contribution in [1.29, 1.82) is 0 Å². The second-order valence-electron chi connectivity index (χ2n) is 4.60. The van der Waals surface area contributed by atoms with E-state index in [0.717, 1.165) is 0 Å². The molecule has 1 fully saturated rings. The van der Waals surface area contributed by atoms with E-state index in [1.165, 1.54) is 18.0 Å². The molecule has 9 nitrogen and oxygen atoms in total. The molecular weight excluding hydrogens is 285 g/mol. The second-order valence-corrected chi connectivity index (χ2v) is 4.60. The lowest BCUT2D eigenvalue weighted by Crippen LogP contribution is -2.30. The minimum absolute atomic E-state index is 0.00871. The predicted octanol–water partition coefficient (Wildman–Crippen LogP) is -0.994. The van der Waals surface area contributed by atoms with Crippen molar-refractivity contribution in [3.63, 3.8) is 0 Å². The van der Waals surface area contributed by atoms with Crippen LogP contribution < -0.4 is 10.5 Å². The first-order chi connectivity index (χ1) is 10.1. The van der Waals surface area contributed by atoms with E-state index in [-0.39, 0.29) is 23.0 Å². The van der Waals surface area contributed by atoms with Crippen LogP contribution in [0.15, 0.2) is 6.33 Å². The van der Waals surface area contributed by atoms with E-state index in [0.29, 0.717) is 0 Å². The van der Waals surface area contributed by atoms with Crippen molar-refractivity contribution in [3.05, 3.63) is 6.33 Å². The smallest absolute Gasteiger partial charge is 0.320 e. The van der Waals surface area contributed by atoms with E-state index in [2.05, 4.69) is 15.0 Å². The zero-order chi connectivity index (χ0) is 15.1. The molecule has 3 heterocycles. The lowest BCUT2D eigenvalue weighted by Gasteiger charge is -2.15. The topological polar surface area (TPSA) is 129 Å². The summed E-state index contributed by atoms with van der Waals surface area (Å²) < 4.78 is 25.7. The van der Waals surface area contributed by atoms with Crippen molar-refractivity contribution in [1.82, 2.24) is 19.5 Å². The first kappa shape index (κ1) is 13.9. The van der Waals surface area contributed by atoms with E-state index in [9.17, 15) is 9.50 Å². The number of aromatic nitrogens is 4. The number of alkyl halides is 1. The molecule has 0 aliphatic carbocycles. The van der Waals surface area contributed by atoms with Gasteiger partial charge in [-0.05, 0) is 0 Å². The Labute approximate surface area is 118 Å². The highest BCUT2D eigenvalue weighted by Crippen LogP contribution is 2.34. The highest BCUT2D eigenvalue weighted by atomic mass is 19.1. The van der Waals surface area contributed by atoms with Gasteiger partial charge in [-0.1, -0.05) is 0 Å². The minimum atomic E-state index is -1.73. The van der Waals surface area contributed by atoms with Gasteiger partial charge in [0.25, 0.3) is 0 Å². The summed E-state index contributed by atoms with van der Waals surface area (Å²) in [6.45, 7) is -0.495. The maximum atomic E-state index is 14.2. The summed E-state index contributed by atoms with van der Waals surface area (Å²) in [6.07, 6.45) is -4.05. The van der Waals surface area contributed by atoms with Crippen LogP contribution in [0, 0.1) is 0 Å². The van der Waals surface area contributed by atoms with Gasteiger partial charge in [0.2, 0.25) is 0 Å². The molecule has 4 atom stereocenters. The Balaban J connectivity index is 2.07. The van der Waals surface area contributed by atoms with E-state index in [1.807, 2.05) is 0 Å². The molecule has 10 heteroatoms. The Morgan fingerprint density at radius 2 is 2.29 bits per heavy atom. The van der Waals surface area contributed by atoms with Crippen LogP contribution in [0.4, 0.5) is 10.2 Å². The number of methoxy groups -OCH3 is 1. The first-order valence-electron chi connectivity index (χ1n) is 6.19. The highest BCUT2D eigenvalue weighted by molar-refractivity contribution is 5.82. The first-order valence-corrected chi connectivity index (χ1v) is 6.19. The average molecular weight is 299 g/mol. The van der Waals surface area contributed by atoms with Gasteiger partial charge in [0.1, 0.15) is 12.2 Å². The molecule has 0 bridgehead atoms. The third kappa shape index (κ3) is 2.07. The normalized spacial score (nSPS) is 29.1. The lowest BCUT2D eigenvalue weighted by atomic mass is 10.1. The molecule has 21 heavy (non-hydrogen) atoms. The molecule has 1 saturated heterocycles. The van der Waals surface area contributed by atoms with E-state index >= 15 is 0 Å². The van der Waals surface area contributed by atoms with Crippen LogP contribution >= 0.6 is 0 Å². The molecule has 1 unspecified atom stereocenters. The van der Waals surface area contributed by atoms with Crippen molar-refractivity contribution in [2.24, 2.45) is 0 Å². The van der Waals surface area contributed by atoms with Crippen LogP contribution in [-0.2, 0) is 4.74 Å². The number of rotatable bonds is 3. The number of imidazole rings is 1. The van der Waals surface area contributed by atoms with Crippen LogP contribution in [0.2, 0.25) is 0 Å². The van der Waals surface area contributed by atoms with E-state index in [4.69, 9.17) is 20.3 Å². The zero-order valence-electron chi connectivity index (χ0n) is 11.0. The number of hydrogen-bond acceptors (Lipinski definition) is 8. The quantitative estimate of drug-likeness (QED) is 0.658. The summed E-state index contributed by atoms with van der Waals surface area (Å²) in [6, 6.07) is 0.00871. The number of aliphatic hydroxyl groups is 2. The van der Waals surface area contributed by atoms with Gasteiger partial charge in [0.15, 0.2) is 29.4 Å². The number of nitrogen functional groups attached to an aromatic ring is 1. The second kappa shape index (κ2) is 5.06. The third-order valence-electron chi connectivity index (χ3n) is 3.36. The molecule has 1 aliphatic heterocycles. The highest BCUT2D eigenvalue weighted by Gasteiger charge is 2.45.